The summed E-state index contributed by atoms with van der Waals surface area (Å²) < 4.78 is 26.6. The Hall–Kier alpha value is -2.06. The van der Waals surface area contributed by atoms with Gasteiger partial charge in [-0.05, 0) is 25.0 Å². The van der Waals surface area contributed by atoms with E-state index in [1.807, 2.05) is 6.07 Å². The summed E-state index contributed by atoms with van der Waals surface area (Å²) in [6.45, 7) is 3.87. The van der Waals surface area contributed by atoms with Crippen molar-refractivity contribution in [2.75, 3.05) is 4.72 Å². The molecule has 0 bridgehead atoms. The molecule has 112 valence electrons. The Labute approximate surface area is 123 Å². The van der Waals surface area contributed by atoms with E-state index in [9.17, 15) is 8.42 Å². The lowest BCUT2D eigenvalue weighted by atomic mass is 10.1. The smallest absolute Gasteiger partial charge is 0.256 e. The molecule has 1 aromatic heterocycles. The molecule has 3 N–H and O–H groups in total. The minimum Gasteiger partial charge on any atom is -0.326 e. The average Bonchev–Trinajstić information content (AvgIpc) is 2.42. The molecule has 0 radical (unpaired) electrons. The predicted octanol–water partition coefficient (Wildman–Crippen LogP) is 0.889. The van der Waals surface area contributed by atoms with Crippen molar-refractivity contribution in [2.45, 2.75) is 26.1 Å². The third-order valence-electron chi connectivity index (χ3n) is 2.92. The number of hydrogen-bond donors (Lipinski definition) is 2. The monoisotopic (exact) mass is 307 g/mol. The number of aromatic nitrogens is 3. The molecule has 7 nitrogen and oxygen atoms in total. The van der Waals surface area contributed by atoms with Gasteiger partial charge in [0.2, 0.25) is 10.0 Å². The van der Waals surface area contributed by atoms with E-state index >= 15 is 0 Å². The first-order valence-electron chi connectivity index (χ1n) is 6.36. The first-order valence-corrected chi connectivity index (χ1v) is 8.01. The molecular formula is C13H17N5O2S. The number of hydrogen-bond acceptors (Lipinski definition) is 6. The van der Waals surface area contributed by atoms with Crippen molar-refractivity contribution in [1.82, 2.24) is 15.2 Å². The maximum Gasteiger partial charge on any atom is 0.256 e. The van der Waals surface area contributed by atoms with E-state index in [-0.39, 0.29) is 11.7 Å². The van der Waals surface area contributed by atoms with Crippen LogP contribution >= 0.6 is 0 Å². The molecule has 0 atom stereocenters. The maximum atomic E-state index is 12.1. The summed E-state index contributed by atoms with van der Waals surface area (Å²) >= 11 is 0. The van der Waals surface area contributed by atoms with Crippen LogP contribution in [0.2, 0.25) is 0 Å². The zero-order valence-electron chi connectivity index (χ0n) is 11.9. The van der Waals surface area contributed by atoms with Gasteiger partial charge in [-0.25, -0.2) is 18.1 Å². The van der Waals surface area contributed by atoms with Gasteiger partial charge in [0, 0.05) is 6.54 Å². The van der Waals surface area contributed by atoms with Crippen LogP contribution in [0.3, 0.4) is 0 Å². The van der Waals surface area contributed by atoms with Crippen molar-refractivity contribution in [2.24, 2.45) is 5.73 Å². The van der Waals surface area contributed by atoms with Crippen molar-refractivity contribution in [3.63, 3.8) is 0 Å². The SMILES string of the molecule is Cc1nnc(NS(=O)(=O)Cc2cccc(CN)c2)nc1C. The van der Waals surface area contributed by atoms with Crippen LogP contribution in [0, 0.1) is 13.8 Å². The molecule has 1 aromatic carbocycles. The lowest BCUT2D eigenvalue weighted by Crippen LogP contribution is -2.18. The van der Waals surface area contributed by atoms with Gasteiger partial charge in [-0.3, -0.25) is 0 Å². The van der Waals surface area contributed by atoms with E-state index in [1.54, 1.807) is 32.0 Å². The molecule has 1 heterocycles. The number of anilines is 1. The second-order valence-corrected chi connectivity index (χ2v) is 6.41. The van der Waals surface area contributed by atoms with Crippen LogP contribution in [0.15, 0.2) is 24.3 Å². The number of nitrogens with one attached hydrogen (secondary N) is 1. The van der Waals surface area contributed by atoms with Crippen LogP contribution in [-0.2, 0) is 22.3 Å². The molecule has 0 spiro atoms. The van der Waals surface area contributed by atoms with E-state index < -0.39 is 10.0 Å². The molecule has 0 aliphatic heterocycles. The fraction of sp³-hybridized carbons (Fsp3) is 0.308. The summed E-state index contributed by atoms with van der Waals surface area (Å²) in [5.74, 6) is -0.190. The van der Waals surface area contributed by atoms with E-state index in [0.29, 0.717) is 23.5 Å². The Bertz CT molecular complexity index is 746. The molecule has 0 saturated carbocycles. The summed E-state index contributed by atoms with van der Waals surface area (Å²) in [5.41, 5.74) is 8.37. The molecule has 0 aliphatic carbocycles. The predicted molar refractivity (Wildman–Crippen MR) is 79.9 cm³/mol. The highest BCUT2D eigenvalue weighted by Gasteiger charge is 2.14. The quantitative estimate of drug-likeness (QED) is 0.848. The Morgan fingerprint density at radius 2 is 1.86 bits per heavy atom. The van der Waals surface area contributed by atoms with Crippen molar-refractivity contribution in [1.29, 1.82) is 0 Å². The average molecular weight is 307 g/mol. The summed E-state index contributed by atoms with van der Waals surface area (Å²) in [4.78, 5) is 4.05. The highest BCUT2D eigenvalue weighted by molar-refractivity contribution is 7.91. The summed E-state index contributed by atoms with van der Waals surface area (Å²) in [5, 5.41) is 7.57. The third kappa shape index (κ3) is 4.20. The first-order chi connectivity index (χ1) is 9.89. The van der Waals surface area contributed by atoms with Gasteiger partial charge >= 0.3 is 0 Å². The van der Waals surface area contributed by atoms with Crippen LogP contribution in [0.5, 0.6) is 0 Å². The van der Waals surface area contributed by atoms with Gasteiger partial charge in [0.05, 0.1) is 17.1 Å². The topological polar surface area (TPSA) is 111 Å². The standard InChI is InChI=1S/C13H17N5O2S/c1-9-10(2)16-17-13(15-9)18-21(19,20)8-12-5-3-4-11(6-12)7-14/h3-6H,7-8,14H2,1-2H3,(H,15,17,18). The van der Waals surface area contributed by atoms with Crippen molar-refractivity contribution < 1.29 is 8.42 Å². The molecule has 2 rings (SSSR count). The zero-order chi connectivity index (χ0) is 15.5. The van der Waals surface area contributed by atoms with Gasteiger partial charge in [0.15, 0.2) is 0 Å². The van der Waals surface area contributed by atoms with Crippen molar-refractivity contribution in [3.8, 4) is 0 Å². The lowest BCUT2D eigenvalue weighted by Gasteiger charge is -2.08. The minimum absolute atomic E-state index is 0.0203. The van der Waals surface area contributed by atoms with Gasteiger partial charge < -0.3 is 5.73 Å². The van der Waals surface area contributed by atoms with Gasteiger partial charge in [-0.2, -0.15) is 5.10 Å². The third-order valence-corrected chi connectivity index (χ3v) is 4.13. The molecule has 0 fully saturated rings. The van der Waals surface area contributed by atoms with Gasteiger partial charge in [0.25, 0.3) is 5.95 Å². The molecule has 0 saturated heterocycles. The molecule has 8 heteroatoms. The Balaban J connectivity index is 2.16. The molecule has 0 aliphatic rings. The normalized spacial score (nSPS) is 11.4. The molecule has 21 heavy (non-hydrogen) atoms. The van der Waals surface area contributed by atoms with E-state index in [1.165, 1.54) is 0 Å². The van der Waals surface area contributed by atoms with E-state index in [0.717, 1.165) is 5.56 Å². The Kier molecular flexibility index (Phi) is 4.49. The van der Waals surface area contributed by atoms with Crippen LogP contribution in [-0.4, -0.2) is 23.6 Å². The minimum atomic E-state index is -3.60. The van der Waals surface area contributed by atoms with E-state index in [4.69, 9.17) is 5.73 Å². The number of rotatable bonds is 5. The number of sulfonamides is 1. The highest BCUT2D eigenvalue weighted by atomic mass is 32.2. The highest BCUT2D eigenvalue weighted by Crippen LogP contribution is 2.11. The number of benzene rings is 1. The second kappa shape index (κ2) is 6.15. The Morgan fingerprint density at radius 3 is 2.52 bits per heavy atom. The largest absolute Gasteiger partial charge is 0.326 e. The molecule has 0 unspecified atom stereocenters. The summed E-state index contributed by atoms with van der Waals surface area (Å²) in [6.07, 6.45) is 0. The number of nitrogens with two attached hydrogens (primary N) is 1. The van der Waals surface area contributed by atoms with Crippen molar-refractivity contribution >= 4 is 16.0 Å². The number of aryl methyl sites for hydroxylation is 2. The van der Waals surface area contributed by atoms with Crippen LogP contribution in [0.1, 0.15) is 22.5 Å². The van der Waals surface area contributed by atoms with Gasteiger partial charge in [-0.1, -0.05) is 24.3 Å². The lowest BCUT2D eigenvalue weighted by molar-refractivity contribution is 0.599. The van der Waals surface area contributed by atoms with Crippen molar-refractivity contribution in [3.05, 3.63) is 46.8 Å². The van der Waals surface area contributed by atoms with Gasteiger partial charge in [-0.15, -0.1) is 5.10 Å². The summed E-state index contributed by atoms with van der Waals surface area (Å²) in [7, 11) is -3.60. The molecular weight excluding hydrogens is 290 g/mol. The fourth-order valence-electron chi connectivity index (χ4n) is 1.74. The van der Waals surface area contributed by atoms with E-state index in [2.05, 4.69) is 19.9 Å². The fourth-order valence-corrected chi connectivity index (χ4v) is 2.80. The van der Waals surface area contributed by atoms with Gasteiger partial charge in [0.1, 0.15) is 0 Å². The number of nitrogens with zero attached hydrogens (tertiary/aromatic N) is 3. The second-order valence-electron chi connectivity index (χ2n) is 4.69. The maximum absolute atomic E-state index is 12.1. The summed E-state index contributed by atoms with van der Waals surface area (Å²) in [6, 6.07) is 7.12. The molecule has 0 amide bonds. The molecule has 2 aromatic rings. The van der Waals surface area contributed by atoms with Crippen LogP contribution < -0.4 is 10.5 Å². The zero-order valence-corrected chi connectivity index (χ0v) is 12.7. The first kappa shape index (κ1) is 15.3. The Morgan fingerprint density at radius 1 is 1.14 bits per heavy atom. The van der Waals surface area contributed by atoms with Crippen LogP contribution in [0.25, 0.3) is 0 Å². The van der Waals surface area contributed by atoms with Crippen LogP contribution in [0.4, 0.5) is 5.95 Å².